The number of carbonyl (C=O) groups is 2. The van der Waals surface area contributed by atoms with Gasteiger partial charge in [-0.3, -0.25) is 9.59 Å². The second-order valence-corrected chi connectivity index (χ2v) is 13.8. The number of nitrogens with two attached hydrogens (primary N) is 1. The molecule has 0 spiro atoms. The molecule has 2 saturated carbocycles. The molecule has 0 unspecified atom stereocenters. The van der Waals surface area contributed by atoms with Crippen molar-refractivity contribution in [3.63, 3.8) is 0 Å². The molecular formula is C32H43NO6. The fourth-order valence-corrected chi connectivity index (χ4v) is 8.30. The lowest BCUT2D eigenvalue weighted by Crippen LogP contribution is -2.61. The number of fused-ring (bicyclic) bond motifs is 5. The fraction of sp³-hybridized carbons (Fsp3) is 0.625. The number of aryl methyl sites for hydroxylation is 1. The van der Waals surface area contributed by atoms with E-state index >= 15 is 0 Å². The second kappa shape index (κ2) is 8.59. The van der Waals surface area contributed by atoms with Crippen molar-refractivity contribution in [2.45, 2.75) is 89.6 Å². The number of aliphatic hydroxyl groups is 3. The topological polar surface area (TPSA) is 130 Å². The van der Waals surface area contributed by atoms with E-state index in [4.69, 9.17) is 10.5 Å². The molecule has 5 rings (SSSR count). The first kappa shape index (κ1) is 28.2. The minimum absolute atomic E-state index is 0.0398. The molecular weight excluding hydrogens is 494 g/mol. The van der Waals surface area contributed by atoms with Crippen LogP contribution in [0, 0.1) is 36.0 Å². The Hall–Kier alpha value is -2.32. The van der Waals surface area contributed by atoms with E-state index in [1.54, 1.807) is 13.0 Å². The SMILES string of the molecule is CC1=C[C@H]2[C@@]3(O)[C@H](C)C[C@]4(OC(=O)[C@H](N)C(C)(C)c5ccc(C)cc5)[C@H]([C@@H]3C=C(CO)C[C@]2(O)C1=O)C4(C)C. The van der Waals surface area contributed by atoms with Crippen LogP contribution in [0.4, 0.5) is 0 Å². The summed E-state index contributed by atoms with van der Waals surface area (Å²) in [6.07, 6.45) is 3.87. The Morgan fingerprint density at radius 3 is 2.36 bits per heavy atom. The van der Waals surface area contributed by atoms with E-state index in [0.29, 0.717) is 17.6 Å². The standard InChI is InChI=1S/C32H43NO6/c1-17-8-10-21(11-9-17)28(4,5)25(33)27(36)39-31-14-19(3)32(38)22(24(31)29(31,6)7)13-20(16-34)15-30(37)23(32)12-18(2)26(30)35/h8-13,19,22-25,34,37-38H,14-16,33H2,1-7H3/t19-,22+,23-,24-,25+,30-,31+,32-/m1/s1. The van der Waals surface area contributed by atoms with Crippen molar-refractivity contribution in [2.24, 2.45) is 34.8 Å². The highest BCUT2D eigenvalue weighted by atomic mass is 16.6. The van der Waals surface area contributed by atoms with Crippen LogP contribution in [0.2, 0.25) is 0 Å². The summed E-state index contributed by atoms with van der Waals surface area (Å²) in [5, 5.41) is 34.3. The van der Waals surface area contributed by atoms with Crippen LogP contribution in [-0.2, 0) is 19.7 Å². The van der Waals surface area contributed by atoms with E-state index in [2.05, 4.69) is 0 Å². The van der Waals surface area contributed by atoms with Gasteiger partial charge in [0.05, 0.1) is 12.2 Å². The fourth-order valence-electron chi connectivity index (χ4n) is 8.30. The second-order valence-electron chi connectivity index (χ2n) is 13.8. The lowest BCUT2D eigenvalue weighted by molar-refractivity contribution is -0.188. The molecule has 1 aromatic rings. The molecule has 0 heterocycles. The van der Waals surface area contributed by atoms with Crippen molar-refractivity contribution in [1.82, 2.24) is 0 Å². The lowest BCUT2D eigenvalue weighted by atomic mass is 9.60. The molecule has 8 atom stereocenters. The van der Waals surface area contributed by atoms with E-state index < -0.39 is 63.2 Å². The van der Waals surface area contributed by atoms with Crippen molar-refractivity contribution in [3.8, 4) is 0 Å². The number of ether oxygens (including phenoxy) is 1. The minimum atomic E-state index is -1.81. The smallest absolute Gasteiger partial charge is 0.324 e. The maximum atomic E-state index is 13.7. The van der Waals surface area contributed by atoms with Crippen molar-refractivity contribution in [1.29, 1.82) is 0 Å². The van der Waals surface area contributed by atoms with Crippen LogP contribution in [0.5, 0.6) is 0 Å². The Balaban J connectivity index is 1.51. The average Bonchev–Trinajstić information content (AvgIpc) is 3.27. The van der Waals surface area contributed by atoms with Crippen LogP contribution in [0.1, 0.15) is 65.5 Å². The zero-order valence-corrected chi connectivity index (χ0v) is 24.1. The van der Waals surface area contributed by atoms with Gasteiger partial charge >= 0.3 is 5.97 Å². The van der Waals surface area contributed by atoms with Gasteiger partial charge in [0.25, 0.3) is 0 Å². The summed E-state index contributed by atoms with van der Waals surface area (Å²) in [6.45, 7) is 13.2. The van der Waals surface area contributed by atoms with Gasteiger partial charge in [0.15, 0.2) is 5.78 Å². The molecule has 0 amide bonds. The molecule has 4 aliphatic carbocycles. The average molecular weight is 538 g/mol. The first-order chi connectivity index (χ1) is 18.0. The number of aliphatic hydroxyl groups excluding tert-OH is 1. The lowest BCUT2D eigenvalue weighted by Gasteiger charge is -2.50. The Morgan fingerprint density at radius 2 is 1.77 bits per heavy atom. The Kier molecular flexibility index (Phi) is 6.22. The third-order valence-corrected chi connectivity index (χ3v) is 11.0. The number of Topliss-reactive ketones (excluding diaryl/α,β-unsaturated/α-hetero) is 1. The minimum Gasteiger partial charge on any atom is -0.457 e. The highest BCUT2D eigenvalue weighted by Gasteiger charge is 2.83. The van der Waals surface area contributed by atoms with E-state index in [-0.39, 0.29) is 18.9 Å². The molecule has 0 radical (unpaired) electrons. The van der Waals surface area contributed by atoms with Crippen LogP contribution in [0.3, 0.4) is 0 Å². The van der Waals surface area contributed by atoms with E-state index in [1.165, 1.54) is 0 Å². The van der Waals surface area contributed by atoms with Gasteiger partial charge < -0.3 is 25.8 Å². The molecule has 0 saturated heterocycles. The summed E-state index contributed by atoms with van der Waals surface area (Å²) in [7, 11) is 0. The van der Waals surface area contributed by atoms with E-state index in [0.717, 1.165) is 11.1 Å². The van der Waals surface area contributed by atoms with Crippen LogP contribution in [-0.4, -0.2) is 56.5 Å². The summed E-state index contributed by atoms with van der Waals surface area (Å²) < 4.78 is 6.40. The van der Waals surface area contributed by atoms with Gasteiger partial charge in [-0.15, -0.1) is 0 Å². The highest BCUT2D eigenvalue weighted by molar-refractivity contribution is 6.04. The Bertz CT molecular complexity index is 1280. The largest absolute Gasteiger partial charge is 0.457 e. The molecule has 0 bridgehead atoms. The first-order valence-corrected chi connectivity index (χ1v) is 14.0. The van der Waals surface area contributed by atoms with Crippen LogP contribution >= 0.6 is 0 Å². The third-order valence-electron chi connectivity index (χ3n) is 11.0. The van der Waals surface area contributed by atoms with Gasteiger partial charge in [0, 0.05) is 35.0 Å². The number of hydrogen-bond acceptors (Lipinski definition) is 7. The quantitative estimate of drug-likeness (QED) is 0.335. The predicted molar refractivity (Wildman–Crippen MR) is 147 cm³/mol. The molecule has 5 N–H and O–H groups in total. The van der Waals surface area contributed by atoms with Crippen molar-refractivity contribution in [2.75, 3.05) is 6.61 Å². The normalized spacial score (nSPS) is 39.4. The summed E-state index contributed by atoms with van der Waals surface area (Å²) >= 11 is 0. The van der Waals surface area contributed by atoms with Crippen LogP contribution < -0.4 is 5.73 Å². The molecule has 1 aromatic carbocycles. The summed E-state index contributed by atoms with van der Waals surface area (Å²) in [5.41, 5.74) is 4.25. The molecule has 0 aromatic heterocycles. The Morgan fingerprint density at radius 1 is 1.15 bits per heavy atom. The van der Waals surface area contributed by atoms with Gasteiger partial charge in [0.1, 0.15) is 17.2 Å². The zero-order valence-electron chi connectivity index (χ0n) is 24.1. The van der Waals surface area contributed by atoms with E-state index in [9.17, 15) is 24.9 Å². The molecule has 7 heteroatoms. The van der Waals surface area contributed by atoms with Crippen molar-refractivity contribution in [3.05, 3.63) is 58.7 Å². The predicted octanol–water partition coefficient (Wildman–Crippen LogP) is 3.12. The molecule has 212 valence electrons. The molecule has 39 heavy (non-hydrogen) atoms. The van der Waals surface area contributed by atoms with Gasteiger partial charge in [-0.25, -0.2) is 0 Å². The number of hydrogen-bond donors (Lipinski definition) is 4. The maximum absolute atomic E-state index is 13.7. The van der Waals surface area contributed by atoms with Crippen molar-refractivity contribution < 1.29 is 29.6 Å². The summed E-state index contributed by atoms with van der Waals surface area (Å²) in [5.74, 6) is -2.96. The van der Waals surface area contributed by atoms with Crippen molar-refractivity contribution >= 4 is 11.8 Å². The van der Waals surface area contributed by atoms with Gasteiger partial charge in [-0.2, -0.15) is 0 Å². The number of rotatable bonds is 5. The number of carbonyl (C=O) groups excluding carboxylic acids is 2. The number of ketones is 1. The summed E-state index contributed by atoms with van der Waals surface area (Å²) in [4.78, 5) is 26.8. The third kappa shape index (κ3) is 3.62. The van der Waals surface area contributed by atoms with E-state index in [1.807, 2.05) is 71.9 Å². The highest BCUT2D eigenvalue weighted by Crippen LogP contribution is 2.76. The van der Waals surface area contributed by atoms with Crippen LogP contribution in [0.15, 0.2) is 47.6 Å². The van der Waals surface area contributed by atoms with Gasteiger partial charge in [0.2, 0.25) is 0 Å². The molecule has 2 fully saturated rings. The number of esters is 1. The monoisotopic (exact) mass is 537 g/mol. The number of benzene rings is 1. The molecule has 4 aliphatic rings. The Labute approximate surface area is 231 Å². The first-order valence-electron chi connectivity index (χ1n) is 14.0. The summed E-state index contributed by atoms with van der Waals surface area (Å²) in [6, 6.07) is 7.06. The zero-order chi connectivity index (χ0) is 28.9. The van der Waals surface area contributed by atoms with Gasteiger partial charge in [-0.1, -0.05) is 76.6 Å². The maximum Gasteiger partial charge on any atom is 0.324 e. The van der Waals surface area contributed by atoms with Crippen LogP contribution in [0.25, 0.3) is 0 Å². The molecule has 7 nitrogen and oxygen atoms in total. The molecule has 0 aliphatic heterocycles. The van der Waals surface area contributed by atoms with Gasteiger partial charge in [-0.05, 0) is 42.9 Å².